The van der Waals surface area contributed by atoms with Crippen molar-refractivity contribution in [2.75, 3.05) is 11.4 Å². The zero-order valence-corrected chi connectivity index (χ0v) is 11.7. The number of aliphatic carboxylic acids is 1. The number of thioether (sulfide) groups is 1. The smallest absolute Gasteiger partial charge is 0.303 e. The Morgan fingerprint density at radius 3 is 2.84 bits per heavy atom. The molecule has 0 radical (unpaired) electrons. The highest BCUT2D eigenvalue weighted by atomic mass is 32.2. The number of carboxylic acid groups (broad SMARTS) is 1. The van der Waals surface area contributed by atoms with E-state index in [0.717, 1.165) is 10.6 Å². The Kier molecular flexibility index (Phi) is 4.47. The largest absolute Gasteiger partial charge is 0.481 e. The number of amides is 1. The number of fused-ring (bicyclic) bond motifs is 1. The highest BCUT2D eigenvalue weighted by Crippen LogP contribution is 2.38. The maximum Gasteiger partial charge on any atom is 0.303 e. The van der Waals surface area contributed by atoms with Crippen LogP contribution in [0.4, 0.5) is 5.69 Å². The Morgan fingerprint density at radius 1 is 1.37 bits per heavy atom. The average molecular weight is 279 g/mol. The molecule has 1 aromatic rings. The second-order valence-corrected chi connectivity index (χ2v) is 5.95. The van der Waals surface area contributed by atoms with E-state index in [1.807, 2.05) is 31.2 Å². The molecule has 0 saturated carbocycles. The number of para-hydroxylation sites is 1. The van der Waals surface area contributed by atoms with Crippen LogP contribution in [0.2, 0.25) is 0 Å². The van der Waals surface area contributed by atoms with E-state index >= 15 is 0 Å². The molecule has 1 heterocycles. The number of benzene rings is 1. The van der Waals surface area contributed by atoms with Gasteiger partial charge in [0.1, 0.15) is 0 Å². The fourth-order valence-electron chi connectivity index (χ4n) is 2.14. The fourth-order valence-corrected chi connectivity index (χ4v) is 3.20. The molecule has 1 unspecified atom stereocenters. The fraction of sp³-hybridized carbons (Fsp3) is 0.429. The molecule has 0 spiro atoms. The molecule has 1 aliphatic heterocycles. The van der Waals surface area contributed by atoms with Crippen LogP contribution in [-0.2, 0) is 9.59 Å². The summed E-state index contributed by atoms with van der Waals surface area (Å²) in [4.78, 5) is 25.6. The number of anilines is 1. The number of rotatable bonds is 5. The van der Waals surface area contributed by atoms with E-state index in [9.17, 15) is 9.59 Å². The van der Waals surface area contributed by atoms with E-state index in [-0.39, 0.29) is 17.6 Å². The van der Waals surface area contributed by atoms with Gasteiger partial charge in [-0.1, -0.05) is 12.1 Å². The first-order chi connectivity index (χ1) is 9.09. The molecule has 4 nitrogen and oxygen atoms in total. The van der Waals surface area contributed by atoms with Crippen molar-refractivity contribution in [2.24, 2.45) is 0 Å². The molecule has 0 bridgehead atoms. The van der Waals surface area contributed by atoms with Gasteiger partial charge in [0.25, 0.3) is 0 Å². The van der Waals surface area contributed by atoms with Crippen LogP contribution in [0, 0.1) is 0 Å². The van der Waals surface area contributed by atoms with Crippen molar-refractivity contribution in [1.29, 1.82) is 0 Å². The number of carboxylic acids is 1. The molecule has 1 aromatic carbocycles. The lowest BCUT2D eigenvalue weighted by Crippen LogP contribution is -2.40. The van der Waals surface area contributed by atoms with Gasteiger partial charge in [-0.15, -0.1) is 11.8 Å². The van der Waals surface area contributed by atoms with Crippen molar-refractivity contribution < 1.29 is 14.7 Å². The van der Waals surface area contributed by atoms with Gasteiger partial charge in [-0.3, -0.25) is 9.59 Å². The SMILES string of the molecule is CC1Sc2ccccc2N(CCCCC(=O)O)C1=O. The van der Waals surface area contributed by atoms with Crippen LogP contribution in [0.1, 0.15) is 26.2 Å². The summed E-state index contributed by atoms with van der Waals surface area (Å²) in [5.74, 6) is -0.673. The molecule has 19 heavy (non-hydrogen) atoms. The van der Waals surface area contributed by atoms with Gasteiger partial charge in [-0.25, -0.2) is 0 Å². The monoisotopic (exact) mass is 279 g/mol. The van der Waals surface area contributed by atoms with Crippen LogP contribution in [-0.4, -0.2) is 28.8 Å². The zero-order chi connectivity index (χ0) is 13.8. The summed E-state index contributed by atoms with van der Waals surface area (Å²) in [5, 5.41) is 8.54. The van der Waals surface area contributed by atoms with Crippen LogP contribution in [0.3, 0.4) is 0 Å². The highest BCUT2D eigenvalue weighted by Gasteiger charge is 2.29. The van der Waals surface area contributed by atoms with E-state index in [0.29, 0.717) is 19.4 Å². The Balaban J connectivity index is 2.05. The van der Waals surface area contributed by atoms with E-state index in [4.69, 9.17) is 5.11 Å². The van der Waals surface area contributed by atoms with E-state index in [1.165, 1.54) is 0 Å². The summed E-state index contributed by atoms with van der Waals surface area (Å²) in [5.41, 5.74) is 0.950. The third-order valence-electron chi connectivity index (χ3n) is 3.10. The van der Waals surface area contributed by atoms with E-state index in [2.05, 4.69) is 0 Å². The Morgan fingerprint density at radius 2 is 2.11 bits per heavy atom. The van der Waals surface area contributed by atoms with E-state index in [1.54, 1.807) is 16.7 Å². The molecule has 1 atom stereocenters. The summed E-state index contributed by atoms with van der Waals surface area (Å²) in [6.07, 6.45) is 1.47. The predicted octanol–water partition coefficient (Wildman–Crippen LogP) is 2.77. The molecule has 0 aliphatic carbocycles. The van der Waals surface area contributed by atoms with Gasteiger partial charge in [-0.05, 0) is 31.9 Å². The molecule has 0 aromatic heterocycles. The molecule has 0 saturated heterocycles. The Bertz CT molecular complexity index is 489. The minimum Gasteiger partial charge on any atom is -0.481 e. The molecule has 0 fully saturated rings. The van der Waals surface area contributed by atoms with E-state index < -0.39 is 5.97 Å². The lowest BCUT2D eigenvalue weighted by Gasteiger charge is -2.32. The lowest BCUT2D eigenvalue weighted by atomic mass is 10.2. The van der Waals surface area contributed by atoms with Crippen molar-refractivity contribution in [3.8, 4) is 0 Å². The van der Waals surface area contributed by atoms with Crippen LogP contribution in [0.5, 0.6) is 0 Å². The predicted molar refractivity (Wildman–Crippen MR) is 75.6 cm³/mol. The van der Waals surface area contributed by atoms with Gasteiger partial charge in [-0.2, -0.15) is 0 Å². The van der Waals surface area contributed by atoms with Crippen LogP contribution in [0.15, 0.2) is 29.2 Å². The number of hydrogen-bond acceptors (Lipinski definition) is 3. The molecule has 5 heteroatoms. The van der Waals surface area contributed by atoms with Crippen molar-refractivity contribution in [2.45, 2.75) is 36.3 Å². The maximum absolute atomic E-state index is 12.2. The normalized spacial score (nSPS) is 18.3. The second kappa shape index (κ2) is 6.10. The molecule has 1 amide bonds. The van der Waals surface area contributed by atoms with Gasteiger partial charge in [0.15, 0.2) is 0 Å². The van der Waals surface area contributed by atoms with Gasteiger partial charge in [0, 0.05) is 17.9 Å². The third-order valence-corrected chi connectivity index (χ3v) is 4.25. The van der Waals surface area contributed by atoms with Gasteiger partial charge < -0.3 is 10.0 Å². The Labute approximate surface area is 116 Å². The quantitative estimate of drug-likeness (QED) is 0.842. The van der Waals surface area contributed by atoms with Gasteiger partial charge in [0.2, 0.25) is 5.91 Å². The first-order valence-electron chi connectivity index (χ1n) is 6.38. The maximum atomic E-state index is 12.2. The standard InChI is InChI=1S/C14H17NO3S/c1-10-14(18)15(9-5-4-8-13(16)17)11-6-2-3-7-12(11)19-10/h2-3,6-7,10H,4-5,8-9H2,1H3,(H,16,17). The highest BCUT2D eigenvalue weighted by molar-refractivity contribution is 8.00. The first kappa shape index (κ1) is 13.9. The molecular weight excluding hydrogens is 262 g/mol. The van der Waals surface area contributed by atoms with Crippen molar-refractivity contribution >= 4 is 29.3 Å². The number of carbonyl (C=O) groups excluding carboxylic acids is 1. The Hall–Kier alpha value is -1.49. The minimum absolute atomic E-state index is 0.0747. The number of carbonyl (C=O) groups is 2. The second-order valence-electron chi connectivity index (χ2n) is 4.57. The molecule has 1 aliphatic rings. The number of hydrogen-bond donors (Lipinski definition) is 1. The lowest BCUT2D eigenvalue weighted by molar-refractivity contribution is -0.137. The molecule has 1 N–H and O–H groups in total. The van der Waals surface area contributed by atoms with Gasteiger partial charge >= 0.3 is 5.97 Å². The number of unbranched alkanes of at least 4 members (excludes halogenated alkanes) is 1. The summed E-state index contributed by atoms with van der Waals surface area (Å²) in [7, 11) is 0. The average Bonchev–Trinajstić information content (AvgIpc) is 2.38. The van der Waals surface area contributed by atoms with Crippen molar-refractivity contribution in [3.63, 3.8) is 0 Å². The van der Waals surface area contributed by atoms with Crippen molar-refractivity contribution in [1.82, 2.24) is 0 Å². The molecule has 102 valence electrons. The van der Waals surface area contributed by atoms with Crippen LogP contribution < -0.4 is 4.90 Å². The van der Waals surface area contributed by atoms with Crippen LogP contribution >= 0.6 is 11.8 Å². The molecular formula is C14H17NO3S. The minimum atomic E-state index is -0.783. The topological polar surface area (TPSA) is 57.6 Å². The summed E-state index contributed by atoms with van der Waals surface area (Å²) < 4.78 is 0. The molecule has 2 rings (SSSR count). The summed E-state index contributed by atoms with van der Waals surface area (Å²) in [6, 6.07) is 7.86. The third kappa shape index (κ3) is 3.29. The summed E-state index contributed by atoms with van der Waals surface area (Å²) >= 11 is 1.58. The van der Waals surface area contributed by atoms with Crippen molar-refractivity contribution in [3.05, 3.63) is 24.3 Å². The number of nitrogens with zero attached hydrogens (tertiary/aromatic N) is 1. The van der Waals surface area contributed by atoms with Crippen LogP contribution in [0.25, 0.3) is 0 Å². The van der Waals surface area contributed by atoms with Gasteiger partial charge in [0.05, 0.1) is 10.9 Å². The summed E-state index contributed by atoms with van der Waals surface area (Å²) in [6.45, 7) is 2.50. The zero-order valence-electron chi connectivity index (χ0n) is 10.8. The first-order valence-corrected chi connectivity index (χ1v) is 7.26.